The molecule has 2 nitrogen and oxygen atoms in total. The monoisotopic (exact) mass is 255 g/mol. The van der Waals surface area contributed by atoms with Crippen molar-refractivity contribution in [2.24, 2.45) is 0 Å². The summed E-state index contributed by atoms with van der Waals surface area (Å²) >= 11 is 0. The molecule has 1 atom stereocenters. The van der Waals surface area contributed by atoms with Gasteiger partial charge in [0.15, 0.2) is 0 Å². The minimum Gasteiger partial charge on any atom is -0.385 e. The molecule has 1 unspecified atom stereocenters. The van der Waals surface area contributed by atoms with Crippen molar-refractivity contribution >= 4 is 0 Å². The van der Waals surface area contributed by atoms with Crippen LogP contribution in [0.1, 0.15) is 43.4 Å². The van der Waals surface area contributed by atoms with E-state index in [0.29, 0.717) is 12.3 Å². The quantitative estimate of drug-likeness (QED) is 0.904. The standard InChI is InChI=1S/C17H21NO/c1-13(2)15-8-6-14(7-9-15)11-17(3,19)16-5-4-10-18-12-16/h4-10,12-13,19H,11H2,1-3H3. The topological polar surface area (TPSA) is 33.1 Å². The fourth-order valence-electron chi connectivity index (χ4n) is 2.20. The Kier molecular flexibility index (Phi) is 4.01. The molecule has 0 saturated carbocycles. The van der Waals surface area contributed by atoms with Gasteiger partial charge in [0.1, 0.15) is 0 Å². The molecule has 0 saturated heterocycles. The summed E-state index contributed by atoms with van der Waals surface area (Å²) in [4.78, 5) is 4.07. The summed E-state index contributed by atoms with van der Waals surface area (Å²) in [5.74, 6) is 0.535. The van der Waals surface area contributed by atoms with Gasteiger partial charge in [0.05, 0.1) is 5.60 Å². The zero-order chi connectivity index (χ0) is 13.9. The van der Waals surface area contributed by atoms with Crippen molar-refractivity contribution in [1.29, 1.82) is 0 Å². The van der Waals surface area contributed by atoms with Gasteiger partial charge in [-0.1, -0.05) is 44.2 Å². The Bertz CT molecular complexity index is 515. The number of hydrogen-bond acceptors (Lipinski definition) is 2. The number of aromatic nitrogens is 1. The summed E-state index contributed by atoms with van der Waals surface area (Å²) in [6, 6.07) is 12.2. The normalized spacial score (nSPS) is 14.4. The van der Waals surface area contributed by atoms with Crippen LogP contribution in [-0.4, -0.2) is 10.1 Å². The van der Waals surface area contributed by atoms with Crippen molar-refractivity contribution in [2.45, 2.75) is 38.7 Å². The lowest BCUT2D eigenvalue weighted by Crippen LogP contribution is -2.24. The lowest BCUT2D eigenvalue weighted by Gasteiger charge is -2.23. The van der Waals surface area contributed by atoms with Gasteiger partial charge >= 0.3 is 0 Å². The summed E-state index contributed by atoms with van der Waals surface area (Å²) in [6.07, 6.45) is 4.04. The van der Waals surface area contributed by atoms with E-state index in [1.165, 1.54) is 5.56 Å². The number of aliphatic hydroxyl groups is 1. The van der Waals surface area contributed by atoms with Crippen molar-refractivity contribution in [2.75, 3.05) is 0 Å². The first kappa shape index (κ1) is 13.8. The maximum Gasteiger partial charge on any atom is 0.0923 e. The molecule has 0 aliphatic rings. The maximum atomic E-state index is 10.6. The van der Waals surface area contributed by atoms with Crippen LogP contribution in [0, 0.1) is 0 Å². The highest BCUT2D eigenvalue weighted by Gasteiger charge is 2.23. The summed E-state index contributed by atoms with van der Waals surface area (Å²) < 4.78 is 0. The first-order valence-corrected chi connectivity index (χ1v) is 6.71. The van der Waals surface area contributed by atoms with Crippen LogP contribution < -0.4 is 0 Å². The third-order valence-corrected chi connectivity index (χ3v) is 3.48. The molecule has 2 rings (SSSR count). The van der Waals surface area contributed by atoms with Crippen LogP contribution in [0.2, 0.25) is 0 Å². The molecule has 19 heavy (non-hydrogen) atoms. The second-order valence-corrected chi connectivity index (χ2v) is 5.59. The molecule has 0 fully saturated rings. The van der Waals surface area contributed by atoms with Gasteiger partial charge in [-0.15, -0.1) is 0 Å². The van der Waals surface area contributed by atoms with Crippen LogP contribution in [-0.2, 0) is 12.0 Å². The predicted octanol–water partition coefficient (Wildman–Crippen LogP) is 3.66. The fourth-order valence-corrected chi connectivity index (χ4v) is 2.20. The van der Waals surface area contributed by atoms with Crippen LogP contribution in [0.15, 0.2) is 48.8 Å². The molecule has 1 N–H and O–H groups in total. The lowest BCUT2D eigenvalue weighted by molar-refractivity contribution is 0.0572. The van der Waals surface area contributed by atoms with Crippen LogP contribution in [0.25, 0.3) is 0 Å². The Morgan fingerprint density at radius 1 is 1.16 bits per heavy atom. The second-order valence-electron chi connectivity index (χ2n) is 5.59. The van der Waals surface area contributed by atoms with Gasteiger partial charge in [0.2, 0.25) is 0 Å². The van der Waals surface area contributed by atoms with Gasteiger partial charge in [-0.25, -0.2) is 0 Å². The van der Waals surface area contributed by atoms with Crippen molar-refractivity contribution < 1.29 is 5.11 Å². The zero-order valence-electron chi connectivity index (χ0n) is 11.8. The molecule has 0 aliphatic carbocycles. The summed E-state index contributed by atoms with van der Waals surface area (Å²) in [5.41, 5.74) is 2.43. The number of rotatable bonds is 4. The predicted molar refractivity (Wildman–Crippen MR) is 78.0 cm³/mol. The number of nitrogens with zero attached hydrogens (tertiary/aromatic N) is 1. The van der Waals surface area contributed by atoms with Crippen LogP contribution in [0.4, 0.5) is 0 Å². The molecule has 0 aliphatic heterocycles. The van der Waals surface area contributed by atoms with E-state index in [4.69, 9.17) is 0 Å². The molecule has 100 valence electrons. The van der Waals surface area contributed by atoms with E-state index < -0.39 is 5.60 Å². The Labute approximate surface area is 115 Å². The van der Waals surface area contributed by atoms with Gasteiger partial charge in [-0.3, -0.25) is 4.98 Å². The Morgan fingerprint density at radius 3 is 2.37 bits per heavy atom. The number of hydrogen-bond donors (Lipinski definition) is 1. The average molecular weight is 255 g/mol. The van der Waals surface area contributed by atoms with Gasteiger partial charge < -0.3 is 5.11 Å². The minimum absolute atomic E-state index is 0.535. The van der Waals surface area contributed by atoms with Gasteiger partial charge in [0.25, 0.3) is 0 Å². The zero-order valence-corrected chi connectivity index (χ0v) is 11.8. The smallest absolute Gasteiger partial charge is 0.0923 e. The Morgan fingerprint density at radius 2 is 1.84 bits per heavy atom. The third-order valence-electron chi connectivity index (χ3n) is 3.48. The fraction of sp³-hybridized carbons (Fsp3) is 0.353. The lowest BCUT2D eigenvalue weighted by atomic mass is 9.89. The molecular formula is C17H21NO. The molecule has 0 bridgehead atoms. The maximum absolute atomic E-state index is 10.6. The highest BCUT2D eigenvalue weighted by Crippen LogP contribution is 2.25. The van der Waals surface area contributed by atoms with Crippen molar-refractivity contribution in [3.05, 3.63) is 65.5 Å². The van der Waals surface area contributed by atoms with Crippen LogP contribution in [0.3, 0.4) is 0 Å². The molecule has 1 aromatic heterocycles. The molecule has 0 spiro atoms. The van der Waals surface area contributed by atoms with E-state index in [1.54, 1.807) is 12.4 Å². The first-order chi connectivity index (χ1) is 8.99. The molecule has 1 aromatic carbocycles. The van der Waals surface area contributed by atoms with Crippen LogP contribution in [0.5, 0.6) is 0 Å². The Balaban J connectivity index is 2.16. The summed E-state index contributed by atoms with van der Waals surface area (Å²) in [7, 11) is 0. The van der Waals surface area contributed by atoms with E-state index in [9.17, 15) is 5.11 Å². The minimum atomic E-state index is -0.881. The number of benzene rings is 1. The van der Waals surface area contributed by atoms with E-state index in [2.05, 4.69) is 43.1 Å². The Hall–Kier alpha value is -1.67. The summed E-state index contributed by atoms with van der Waals surface area (Å²) in [5, 5.41) is 10.6. The molecular weight excluding hydrogens is 234 g/mol. The van der Waals surface area contributed by atoms with E-state index in [-0.39, 0.29) is 0 Å². The summed E-state index contributed by atoms with van der Waals surface area (Å²) in [6.45, 7) is 6.20. The van der Waals surface area contributed by atoms with Gasteiger partial charge in [-0.05, 0) is 30.0 Å². The molecule has 2 aromatic rings. The van der Waals surface area contributed by atoms with E-state index >= 15 is 0 Å². The van der Waals surface area contributed by atoms with E-state index in [0.717, 1.165) is 11.1 Å². The van der Waals surface area contributed by atoms with Crippen molar-refractivity contribution in [3.63, 3.8) is 0 Å². The molecule has 0 radical (unpaired) electrons. The first-order valence-electron chi connectivity index (χ1n) is 6.71. The molecule has 1 heterocycles. The largest absolute Gasteiger partial charge is 0.385 e. The molecule has 0 amide bonds. The number of pyridine rings is 1. The highest BCUT2D eigenvalue weighted by atomic mass is 16.3. The van der Waals surface area contributed by atoms with Gasteiger partial charge in [-0.2, -0.15) is 0 Å². The van der Waals surface area contributed by atoms with E-state index in [1.807, 2.05) is 19.1 Å². The molecule has 2 heteroatoms. The van der Waals surface area contributed by atoms with Crippen molar-refractivity contribution in [1.82, 2.24) is 4.98 Å². The second kappa shape index (κ2) is 5.54. The SMILES string of the molecule is CC(C)c1ccc(CC(C)(O)c2cccnc2)cc1. The van der Waals surface area contributed by atoms with Crippen LogP contribution >= 0.6 is 0 Å². The average Bonchev–Trinajstić information content (AvgIpc) is 2.40. The highest BCUT2D eigenvalue weighted by molar-refractivity contribution is 5.28. The van der Waals surface area contributed by atoms with Crippen molar-refractivity contribution in [3.8, 4) is 0 Å². The van der Waals surface area contributed by atoms with Gasteiger partial charge in [0, 0.05) is 24.4 Å². The third kappa shape index (κ3) is 3.42.